The largest absolute Gasteiger partial charge is 0.378 e. The van der Waals surface area contributed by atoms with Gasteiger partial charge in [0.1, 0.15) is 0 Å². The summed E-state index contributed by atoms with van der Waals surface area (Å²) < 4.78 is 5.68. The summed E-state index contributed by atoms with van der Waals surface area (Å²) >= 11 is 12.1. The molecule has 2 atom stereocenters. The molecule has 0 aliphatic carbocycles. The van der Waals surface area contributed by atoms with E-state index in [1.807, 2.05) is 19.2 Å². The average Bonchev–Trinajstić information content (AvgIpc) is 2.84. The highest BCUT2D eigenvalue weighted by molar-refractivity contribution is 6.35. The molecule has 2 nitrogen and oxygen atoms in total. The van der Waals surface area contributed by atoms with Crippen molar-refractivity contribution in [3.63, 3.8) is 0 Å². The van der Waals surface area contributed by atoms with Crippen molar-refractivity contribution in [2.45, 2.75) is 37.8 Å². The van der Waals surface area contributed by atoms with Crippen LogP contribution in [0.25, 0.3) is 0 Å². The molecule has 1 N–H and O–H groups in total. The van der Waals surface area contributed by atoms with Gasteiger partial charge in [-0.1, -0.05) is 29.3 Å². The highest BCUT2D eigenvalue weighted by atomic mass is 35.5. The van der Waals surface area contributed by atoms with Crippen molar-refractivity contribution in [2.24, 2.45) is 0 Å². The normalized spacial score (nSPS) is 21.2. The third-order valence-corrected chi connectivity index (χ3v) is 4.05. The Hall–Kier alpha value is -0.280. The van der Waals surface area contributed by atoms with E-state index in [0.29, 0.717) is 17.2 Å². The molecule has 1 aromatic carbocycles. The number of hydrogen-bond donors (Lipinski definition) is 1. The molecule has 1 heterocycles. The van der Waals surface area contributed by atoms with E-state index in [4.69, 9.17) is 27.9 Å². The van der Waals surface area contributed by atoms with Crippen LogP contribution in [0.1, 0.15) is 24.8 Å². The Morgan fingerprint density at radius 3 is 2.89 bits per heavy atom. The lowest BCUT2D eigenvalue weighted by Gasteiger charge is -2.20. The van der Waals surface area contributed by atoms with Crippen LogP contribution in [0.15, 0.2) is 18.2 Å². The Labute approximate surface area is 119 Å². The van der Waals surface area contributed by atoms with Gasteiger partial charge in [0.15, 0.2) is 0 Å². The van der Waals surface area contributed by atoms with Gasteiger partial charge in [0.25, 0.3) is 0 Å². The number of rotatable bonds is 5. The number of likely N-dealkylation sites (N-methyl/N-ethyl adjacent to an activating group) is 1. The molecule has 0 radical (unpaired) electrons. The van der Waals surface area contributed by atoms with E-state index >= 15 is 0 Å². The molecule has 1 aliphatic heterocycles. The maximum atomic E-state index is 6.20. The minimum Gasteiger partial charge on any atom is -0.378 e. The first kappa shape index (κ1) is 14.1. The fourth-order valence-electron chi connectivity index (χ4n) is 2.40. The Morgan fingerprint density at radius 1 is 1.44 bits per heavy atom. The van der Waals surface area contributed by atoms with E-state index in [9.17, 15) is 0 Å². The van der Waals surface area contributed by atoms with Crippen molar-refractivity contribution in [2.75, 3.05) is 13.7 Å². The number of ether oxygens (including phenoxy) is 1. The van der Waals surface area contributed by atoms with Crippen LogP contribution in [0.3, 0.4) is 0 Å². The van der Waals surface area contributed by atoms with Crippen molar-refractivity contribution < 1.29 is 4.74 Å². The molecule has 4 heteroatoms. The Morgan fingerprint density at radius 2 is 2.28 bits per heavy atom. The maximum Gasteiger partial charge on any atom is 0.0590 e. The summed E-state index contributed by atoms with van der Waals surface area (Å²) in [7, 11) is 1.99. The Balaban J connectivity index is 1.96. The van der Waals surface area contributed by atoms with Crippen LogP contribution in [0.5, 0.6) is 0 Å². The fraction of sp³-hybridized carbons (Fsp3) is 0.571. The summed E-state index contributed by atoms with van der Waals surface area (Å²) in [5.41, 5.74) is 1.14. The summed E-state index contributed by atoms with van der Waals surface area (Å²) in [5.74, 6) is 0. The number of hydrogen-bond acceptors (Lipinski definition) is 2. The van der Waals surface area contributed by atoms with Crippen LogP contribution < -0.4 is 5.32 Å². The van der Waals surface area contributed by atoms with Gasteiger partial charge in [0.2, 0.25) is 0 Å². The first-order chi connectivity index (χ1) is 8.69. The van der Waals surface area contributed by atoms with Gasteiger partial charge in [-0.15, -0.1) is 0 Å². The van der Waals surface area contributed by atoms with Crippen LogP contribution in [-0.4, -0.2) is 25.8 Å². The predicted molar refractivity (Wildman–Crippen MR) is 76.6 cm³/mol. The van der Waals surface area contributed by atoms with Gasteiger partial charge in [-0.2, -0.15) is 0 Å². The minimum absolute atomic E-state index is 0.395. The molecule has 2 unspecified atom stereocenters. The second kappa shape index (κ2) is 6.76. The lowest BCUT2D eigenvalue weighted by atomic mass is 9.99. The van der Waals surface area contributed by atoms with Crippen LogP contribution in [0.2, 0.25) is 10.0 Å². The van der Waals surface area contributed by atoms with Gasteiger partial charge in [-0.3, -0.25) is 0 Å². The molecule has 1 fully saturated rings. The van der Waals surface area contributed by atoms with Gasteiger partial charge in [-0.25, -0.2) is 0 Å². The van der Waals surface area contributed by atoms with Crippen molar-refractivity contribution in [3.05, 3.63) is 33.8 Å². The van der Waals surface area contributed by atoms with E-state index in [-0.39, 0.29) is 0 Å². The van der Waals surface area contributed by atoms with E-state index in [2.05, 4.69) is 5.32 Å². The van der Waals surface area contributed by atoms with E-state index in [1.165, 1.54) is 12.8 Å². The predicted octanol–water partition coefficient (Wildman–Crippen LogP) is 3.69. The molecular formula is C14H19Cl2NO. The summed E-state index contributed by atoms with van der Waals surface area (Å²) in [6.07, 6.45) is 4.70. The third kappa shape index (κ3) is 3.86. The molecule has 18 heavy (non-hydrogen) atoms. The quantitative estimate of drug-likeness (QED) is 0.892. The molecule has 1 aromatic rings. The fourth-order valence-corrected chi connectivity index (χ4v) is 2.89. The molecule has 0 spiro atoms. The first-order valence-corrected chi connectivity index (χ1v) is 7.17. The van der Waals surface area contributed by atoms with Crippen molar-refractivity contribution in [1.82, 2.24) is 5.32 Å². The molecule has 0 saturated carbocycles. The molecule has 2 rings (SSSR count). The molecular weight excluding hydrogens is 269 g/mol. The van der Waals surface area contributed by atoms with Gasteiger partial charge in [0, 0.05) is 22.7 Å². The van der Waals surface area contributed by atoms with E-state index in [1.54, 1.807) is 6.07 Å². The van der Waals surface area contributed by atoms with Crippen LogP contribution in [0.4, 0.5) is 0 Å². The summed E-state index contributed by atoms with van der Waals surface area (Å²) in [5, 5.41) is 4.78. The smallest absolute Gasteiger partial charge is 0.0590 e. The summed E-state index contributed by atoms with van der Waals surface area (Å²) in [6.45, 7) is 0.906. The van der Waals surface area contributed by atoms with Crippen molar-refractivity contribution >= 4 is 23.2 Å². The topological polar surface area (TPSA) is 21.3 Å². The maximum absolute atomic E-state index is 6.20. The zero-order valence-electron chi connectivity index (χ0n) is 10.6. The third-order valence-electron chi connectivity index (χ3n) is 3.46. The molecule has 0 bridgehead atoms. The zero-order valence-corrected chi connectivity index (χ0v) is 12.1. The first-order valence-electron chi connectivity index (χ1n) is 6.42. The van der Waals surface area contributed by atoms with Gasteiger partial charge >= 0.3 is 0 Å². The lowest BCUT2D eigenvalue weighted by molar-refractivity contribution is 0.0954. The van der Waals surface area contributed by atoms with Gasteiger partial charge in [-0.05, 0) is 50.4 Å². The van der Waals surface area contributed by atoms with Crippen molar-refractivity contribution in [3.8, 4) is 0 Å². The van der Waals surface area contributed by atoms with Crippen LogP contribution >= 0.6 is 23.2 Å². The molecule has 0 amide bonds. The second-order valence-electron chi connectivity index (χ2n) is 4.80. The van der Waals surface area contributed by atoms with Crippen molar-refractivity contribution in [1.29, 1.82) is 0 Å². The SMILES string of the molecule is CNC(Cc1ccc(Cl)cc1Cl)CC1CCCO1. The monoisotopic (exact) mass is 287 g/mol. The number of halogens is 2. The van der Waals surface area contributed by atoms with Gasteiger partial charge in [0.05, 0.1) is 6.10 Å². The molecule has 1 saturated heterocycles. The Kier molecular flexibility index (Phi) is 5.31. The standard InChI is InChI=1S/C14H19Cl2NO/c1-17-12(9-13-3-2-6-18-13)7-10-4-5-11(15)8-14(10)16/h4-5,8,12-13,17H,2-3,6-7,9H2,1H3. The molecule has 0 aromatic heterocycles. The van der Waals surface area contributed by atoms with Crippen LogP contribution in [-0.2, 0) is 11.2 Å². The Bertz CT molecular complexity index is 391. The van der Waals surface area contributed by atoms with Crippen LogP contribution in [0, 0.1) is 0 Å². The molecule has 100 valence electrons. The highest BCUT2D eigenvalue weighted by Gasteiger charge is 2.20. The highest BCUT2D eigenvalue weighted by Crippen LogP contribution is 2.24. The van der Waals surface area contributed by atoms with E-state index < -0.39 is 0 Å². The van der Waals surface area contributed by atoms with E-state index in [0.717, 1.165) is 30.0 Å². The average molecular weight is 288 g/mol. The van der Waals surface area contributed by atoms with Gasteiger partial charge < -0.3 is 10.1 Å². The summed E-state index contributed by atoms with van der Waals surface area (Å²) in [4.78, 5) is 0. The summed E-state index contributed by atoms with van der Waals surface area (Å²) in [6, 6.07) is 6.09. The zero-order chi connectivity index (χ0) is 13.0. The number of benzene rings is 1. The lowest BCUT2D eigenvalue weighted by Crippen LogP contribution is -2.31. The number of nitrogens with one attached hydrogen (secondary N) is 1. The molecule has 1 aliphatic rings. The minimum atomic E-state index is 0.395. The second-order valence-corrected chi connectivity index (χ2v) is 5.64.